The van der Waals surface area contributed by atoms with Crippen LogP contribution in [0, 0.1) is 0 Å². The van der Waals surface area contributed by atoms with Crippen LogP contribution in [-0.4, -0.2) is 29.2 Å². The summed E-state index contributed by atoms with van der Waals surface area (Å²) in [6.45, 7) is 0. The minimum absolute atomic E-state index is 0.00859. The number of rotatable bonds is 4. The molecule has 2 aromatic rings. The summed E-state index contributed by atoms with van der Waals surface area (Å²) >= 11 is 5.83. The Morgan fingerprint density at radius 2 is 1.77 bits per heavy atom. The third kappa shape index (κ3) is 3.29. The Morgan fingerprint density at radius 1 is 1.14 bits per heavy atom. The second kappa shape index (κ2) is 6.36. The third-order valence-corrected chi connectivity index (χ3v) is 3.19. The maximum Gasteiger partial charge on any atom is 0.335 e. The van der Waals surface area contributed by atoms with Crippen LogP contribution in [0.1, 0.15) is 20.7 Å². The van der Waals surface area contributed by atoms with Crippen molar-refractivity contribution in [3.05, 3.63) is 52.5 Å². The Balaban J connectivity index is 2.22. The second-order valence-corrected chi connectivity index (χ2v) is 4.75. The first-order chi connectivity index (χ1) is 10.4. The van der Waals surface area contributed by atoms with Crippen molar-refractivity contribution in [1.29, 1.82) is 0 Å². The fraction of sp³-hybridized carbons (Fsp3) is 0.0667. The largest absolute Gasteiger partial charge is 0.503 e. The van der Waals surface area contributed by atoms with E-state index < -0.39 is 11.9 Å². The molecule has 0 aliphatic rings. The first kappa shape index (κ1) is 15.7. The summed E-state index contributed by atoms with van der Waals surface area (Å²) in [4.78, 5) is 22.9. The molecule has 0 saturated carbocycles. The molecule has 0 fully saturated rings. The number of carboxylic acids is 1. The number of phenols is 1. The van der Waals surface area contributed by atoms with Crippen molar-refractivity contribution in [3.63, 3.8) is 0 Å². The monoisotopic (exact) mass is 321 g/mol. The van der Waals surface area contributed by atoms with Crippen molar-refractivity contribution >= 4 is 29.2 Å². The van der Waals surface area contributed by atoms with Gasteiger partial charge in [0.25, 0.3) is 5.91 Å². The molecule has 0 aliphatic heterocycles. The van der Waals surface area contributed by atoms with Crippen LogP contribution in [0.2, 0.25) is 5.02 Å². The number of hydrogen-bond donors (Lipinski definition) is 3. The van der Waals surface area contributed by atoms with Crippen LogP contribution < -0.4 is 10.1 Å². The fourth-order valence-corrected chi connectivity index (χ4v) is 1.97. The molecule has 114 valence electrons. The Bertz CT molecular complexity index is 727. The number of aromatic hydroxyl groups is 1. The summed E-state index contributed by atoms with van der Waals surface area (Å²) in [5, 5.41) is 21.0. The topological polar surface area (TPSA) is 95.9 Å². The van der Waals surface area contributed by atoms with Gasteiger partial charge < -0.3 is 20.3 Å². The molecule has 1 amide bonds. The van der Waals surface area contributed by atoms with Gasteiger partial charge in [0.1, 0.15) is 0 Å². The quantitative estimate of drug-likeness (QED) is 0.804. The predicted molar refractivity (Wildman–Crippen MR) is 81.0 cm³/mol. The van der Waals surface area contributed by atoms with E-state index >= 15 is 0 Å². The first-order valence-corrected chi connectivity index (χ1v) is 6.51. The fourth-order valence-electron chi connectivity index (χ4n) is 1.76. The van der Waals surface area contributed by atoms with Gasteiger partial charge in [-0.3, -0.25) is 4.79 Å². The number of aromatic carboxylic acids is 1. The Labute approximate surface area is 130 Å². The molecule has 0 saturated heterocycles. The van der Waals surface area contributed by atoms with Crippen LogP contribution in [0.3, 0.4) is 0 Å². The second-order valence-electron chi connectivity index (χ2n) is 4.35. The van der Waals surface area contributed by atoms with E-state index in [9.17, 15) is 14.7 Å². The van der Waals surface area contributed by atoms with Gasteiger partial charge in [-0.15, -0.1) is 0 Å². The molecule has 0 atom stereocenters. The number of methoxy groups -OCH3 is 1. The molecule has 0 spiro atoms. The highest BCUT2D eigenvalue weighted by molar-refractivity contribution is 6.32. The molecule has 3 N–H and O–H groups in total. The summed E-state index contributed by atoms with van der Waals surface area (Å²) in [5.41, 5.74) is 0.743. The normalized spacial score (nSPS) is 10.1. The molecular weight excluding hydrogens is 310 g/mol. The summed E-state index contributed by atoms with van der Waals surface area (Å²) in [6.07, 6.45) is 0. The van der Waals surface area contributed by atoms with Gasteiger partial charge in [-0.1, -0.05) is 11.6 Å². The Kier molecular flexibility index (Phi) is 4.53. The number of hydrogen-bond acceptors (Lipinski definition) is 4. The maximum absolute atomic E-state index is 12.1. The van der Waals surface area contributed by atoms with Crippen molar-refractivity contribution in [2.24, 2.45) is 0 Å². The SMILES string of the molecule is COc1cc(C(=O)Nc2ccc(C(=O)O)cc2)cc(Cl)c1O. The number of carboxylic acid groups (broad SMARTS) is 1. The van der Waals surface area contributed by atoms with E-state index in [1.165, 1.54) is 43.5 Å². The zero-order chi connectivity index (χ0) is 16.3. The molecule has 7 heteroatoms. The average molecular weight is 322 g/mol. The lowest BCUT2D eigenvalue weighted by atomic mass is 10.1. The smallest absolute Gasteiger partial charge is 0.335 e. The zero-order valence-corrected chi connectivity index (χ0v) is 12.2. The van der Waals surface area contributed by atoms with E-state index in [4.69, 9.17) is 21.4 Å². The van der Waals surface area contributed by atoms with Gasteiger partial charge >= 0.3 is 5.97 Å². The van der Waals surface area contributed by atoms with Crippen molar-refractivity contribution in [2.45, 2.75) is 0 Å². The van der Waals surface area contributed by atoms with Crippen LogP contribution >= 0.6 is 11.6 Å². The van der Waals surface area contributed by atoms with Gasteiger partial charge in [0.05, 0.1) is 17.7 Å². The molecule has 0 heterocycles. The third-order valence-electron chi connectivity index (χ3n) is 2.90. The van der Waals surface area contributed by atoms with Gasteiger partial charge in [-0.05, 0) is 36.4 Å². The van der Waals surface area contributed by atoms with Gasteiger partial charge in [0.15, 0.2) is 11.5 Å². The minimum atomic E-state index is -1.05. The van der Waals surface area contributed by atoms with Gasteiger partial charge in [0, 0.05) is 11.3 Å². The number of carbonyl (C=O) groups is 2. The minimum Gasteiger partial charge on any atom is -0.503 e. The molecule has 2 rings (SSSR count). The lowest BCUT2D eigenvalue weighted by Gasteiger charge is -2.09. The van der Waals surface area contributed by atoms with Crippen molar-refractivity contribution in [3.8, 4) is 11.5 Å². The highest BCUT2D eigenvalue weighted by Gasteiger charge is 2.14. The lowest BCUT2D eigenvalue weighted by molar-refractivity contribution is 0.0696. The number of ether oxygens (including phenoxy) is 1. The number of halogens is 1. The molecule has 22 heavy (non-hydrogen) atoms. The summed E-state index contributed by atoms with van der Waals surface area (Å²) < 4.78 is 4.93. The molecule has 2 aromatic carbocycles. The van der Waals surface area contributed by atoms with E-state index in [0.29, 0.717) is 5.69 Å². The van der Waals surface area contributed by atoms with Crippen LogP contribution in [-0.2, 0) is 0 Å². The van der Waals surface area contributed by atoms with Crippen molar-refractivity contribution in [2.75, 3.05) is 12.4 Å². The highest BCUT2D eigenvalue weighted by atomic mass is 35.5. The van der Waals surface area contributed by atoms with Gasteiger partial charge in [-0.2, -0.15) is 0 Å². The molecule has 6 nitrogen and oxygen atoms in total. The first-order valence-electron chi connectivity index (χ1n) is 6.13. The highest BCUT2D eigenvalue weighted by Crippen LogP contribution is 2.35. The van der Waals surface area contributed by atoms with Crippen molar-refractivity contribution < 1.29 is 24.5 Å². The van der Waals surface area contributed by atoms with E-state index in [-0.39, 0.29) is 27.6 Å². The predicted octanol–water partition coefficient (Wildman–Crippen LogP) is 3.00. The van der Waals surface area contributed by atoms with E-state index in [1.54, 1.807) is 0 Å². The van der Waals surface area contributed by atoms with Crippen LogP contribution in [0.15, 0.2) is 36.4 Å². The Morgan fingerprint density at radius 3 is 2.32 bits per heavy atom. The molecule has 0 unspecified atom stereocenters. The van der Waals surface area contributed by atoms with Crippen LogP contribution in [0.4, 0.5) is 5.69 Å². The Hall–Kier alpha value is -2.73. The lowest BCUT2D eigenvalue weighted by Crippen LogP contribution is -2.12. The van der Waals surface area contributed by atoms with Crippen LogP contribution in [0.5, 0.6) is 11.5 Å². The summed E-state index contributed by atoms with van der Waals surface area (Å²) in [5.74, 6) is -1.68. The number of anilines is 1. The van der Waals surface area contributed by atoms with Gasteiger partial charge in [0.2, 0.25) is 0 Å². The van der Waals surface area contributed by atoms with E-state index in [1.807, 2.05) is 0 Å². The van der Waals surface area contributed by atoms with Gasteiger partial charge in [-0.25, -0.2) is 4.79 Å². The standard InChI is InChI=1S/C15H12ClNO5/c1-22-12-7-9(6-11(16)13(12)18)14(19)17-10-4-2-8(3-5-10)15(20)21/h2-7,18H,1H3,(H,17,19)(H,20,21). The summed E-state index contributed by atoms with van der Waals surface area (Å²) in [7, 11) is 1.34. The molecular formula is C15H12ClNO5. The molecule has 0 bridgehead atoms. The number of amides is 1. The van der Waals surface area contributed by atoms with Crippen molar-refractivity contribution in [1.82, 2.24) is 0 Å². The molecule has 0 aliphatic carbocycles. The van der Waals surface area contributed by atoms with E-state index in [0.717, 1.165) is 0 Å². The summed E-state index contributed by atoms with van der Waals surface area (Å²) in [6, 6.07) is 8.36. The van der Waals surface area contributed by atoms with E-state index in [2.05, 4.69) is 5.32 Å². The number of benzene rings is 2. The average Bonchev–Trinajstić information content (AvgIpc) is 2.50. The number of phenolic OH excluding ortho intramolecular Hbond substituents is 1. The maximum atomic E-state index is 12.1. The molecule has 0 aromatic heterocycles. The van der Waals surface area contributed by atoms with Crippen LogP contribution in [0.25, 0.3) is 0 Å². The zero-order valence-electron chi connectivity index (χ0n) is 11.5. The molecule has 0 radical (unpaired) electrons. The number of nitrogens with one attached hydrogen (secondary N) is 1. The number of carbonyl (C=O) groups excluding carboxylic acids is 1.